The van der Waals surface area contributed by atoms with E-state index in [9.17, 15) is 0 Å². The van der Waals surface area contributed by atoms with Crippen LogP contribution >= 0.6 is 12.4 Å². The summed E-state index contributed by atoms with van der Waals surface area (Å²) >= 11 is 0. The molecule has 5 nitrogen and oxygen atoms in total. The van der Waals surface area contributed by atoms with Gasteiger partial charge in [0.05, 0.1) is 0 Å². The normalized spacial score (nSPS) is 10.8. The van der Waals surface area contributed by atoms with Gasteiger partial charge in [-0.2, -0.15) is 10.2 Å². The lowest BCUT2D eigenvalue weighted by molar-refractivity contribution is 0.758. The first-order valence-electron chi connectivity index (χ1n) is 2.77. The zero-order valence-electron chi connectivity index (χ0n) is 6.06. The van der Waals surface area contributed by atoms with E-state index in [0.717, 1.165) is 5.69 Å². The Morgan fingerprint density at radius 2 is 2.36 bits per heavy atom. The van der Waals surface area contributed by atoms with Crippen molar-refractivity contribution in [1.29, 1.82) is 0 Å². The Morgan fingerprint density at radius 3 is 2.73 bits per heavy atom. The minimum absolute atomic E-state index is 0. The van der Waals surface area contributed by atoms with Gasteiger partial charge in [0.2, 0.25) is 0 Å². The predicted octanol–water partition coefficient (Wildman–Crippen LogP) is -0.579. The number of rotatable bonds is 1. The quantitative estimate of drug-likeness (QED) is 0.259. The van der Waals surface area contributed by atoms with E-state index < -0.39 is 0 Å². The number of aromatic nitrogens is 2. The third-order valence-corrected chi connectivity index (χ3v) is 1.22. The number of halogens is 1. The molecule has 0 fully saturated rings. The minimum atomic E-state index is 0. The summed E-state index contributed by atoms with van der Waals surface area (Å²) < 4.78 is 1.60. The second kappa shape index (κ2) is 3.82. The van der Waals surface area contributed by atoms with Crippen LogP contribution in [0.1, 0.15) is 5.69 Å². The summed E-state index contributed by atoms with van der Waals surface area (Å²) in [5.74, 6) is 5.25. The van der Waals surface area contributed by atoms with Gasteiger partial charge in [-0.25, -0.2) is 0 Å². The van der Waals surface area contributed by atoms with Gasteiger partial charge in [0.25, 0.3) is 0 Å². The summed E-state index contributed by atoms with van der Waals surface area (Å²) in [6.45, 7) is 0. The third-order valence-electron chi connectivity index (χ3n) is 1.22. The summed E-state index contributed by atoms with van der Waals surface area (Å²) in [7, 11) is 1.77. The number of amidine groups is 1. The summed E-state index contributed by atoms with van der Waals surface area (Å²) in [4.78, 5) is 0. The maximum Gasteiger partial charge on any atom is 0.168 e. The molecule has 4 N–H and O–H groups in total. The number of aryl methyl sites for hydroxylation is 1. The fourth-order valence-electron chi connectivity index (χ4n) is 0.691. The molecule has 0 amide bonds. The molecule has 0 aliphatic carbocycles. The van der Waals surface area contributed by atoms with Gasteiger partial charge >= 0.3 is 0 Å². The lowest BCUT2D eigenvalue weighted by Gasteiger charge is -1.96. The molecule has 1 aromatic rings. The lowest BCUT2D eigenvalue weighted by Crippen LogP contribution is -2.19. The first-order valence-corrected chi connectivity index (χ1v) is 2.77. The Morgan fingerprint density at radius 1 is 1.73 bits per heavy atom. The van der Waals surface area contributed by atoms with Crippen LogP contribution in [-0.2, 0) is 7.05 Å². The average molecular weight is 176 g/mol. The molecule has 0 spiro atoms. The van der Waals surface area contributed by atoms with Gasteiger partial charge in [-0.3, -0.25) is 4.68 Å². The van der Waals surface area contributed by atoms with Gasteiger partial charge in [0, 0.05) is 13.2 Å². The van der Waals surface area contributed by atoms with Crippen molar-refractivity contribution < 1.29 is 0 Å². The van der Waals surface area contributed by atoms with Crippen LogP contribution in [0.3, 0.4) is 0 Å². The molecular formula is C5H10ClN5. The maximum absolute atomic E-state index is 5.40. The molecule has 11 heavy (non-hydrogen) atoms. The summed E-state index contributed by atoms with van der Waals surface area (Å²) in [6, 6.07) is 1.74. The van der Waals surface area contributed by atoms with Crippen molar-refractivity contribution in [3.63, 3.8) is 0 Å². The van der Waals surface area contributed by atoms with Gasteiger partial charge in [-0.05, 0) is 6.07 Å². The van der Waals surface area contributed by atoms with Crippen LogP contribution < -0.4 is 11.6 Å². The average Bonchev–Trinajstić information content (AvgIpc) is 2.34. The molecule has 0 atom stereocenters. The molecule has 0 aromatic carbocycles. The fraction of sp³-hybridized carbons (Fsp3) is 0.200. The molecule has 0 bridgehead atoms. The number of hydrazone groups is 1. The predicted molar refractivity (Wildman–Crippen MR) is 45.4 cm³/mol. The standard InChI is InChI=1S/C5H9N5.ClH/c1-10-4(2-3-8-10)5(6)9-7;/h2-3H,7H2,1H3,(H2,6,9);1H. The van der Waals surface area contributed by atoms with Crippen LogP contribution in [0.5, 0.6) is 0 Å². The van der Waals surface area contributed by atoms with E-state index >= 15 is 0 Å². The number of nitrogens with zero attached hydrogens (tertiary/aromatic N) is 3. The molecule has 0 unspecified atom stereocenters. The second-order valence-electron chi connectivity index (χ2n) is 1.85. The first kappa shape index (κ1) is 9.77. The summed E-state index contributed by atoms with van der Waals surface area (Å²) in [5, 5.41) is 7.21. The van der Waals surface area contributed by atoms with Crippen LogP contribution in [0.2, 0.25) is 0 Å². The highest BCUT2D eigenvalue weighted by Gasteiger charge is 2.00. The number of hydrogen-bond donors (Lipinski definition) is 2. The van der Waals surface area contributed by atoms with Gasteiger partial charge < -0.3 is 11.6 Å². The van der Waals surface area contributed by atoms with Crippen molar-refractivity contribution in [2.45, 2.75) is 0 Å². The second-order valence-corrected chi connectivity index (χ2v) is 1.85. The Bertz CT molecular complexity index is 253. The molecule has 0 aliphatic rings. The minimum Gasteiger partial charge on any atom is -0.381 e. The van der Waals surface area contributed by atoms with Crippen molar-refractivity contribution in [3.05, 3.63) is 18.0 Å². The van der Waals surface area contributed by atoms with Crippen LogP contribution in [0, 0.1) is 0 Å². The van der Waals surface area contributed by atoms with E-state index in [1.165, 1.54) is 0 Å². The van der Waals surface area contributed by atoms with E-state index in [1.807, 2.05) is 0 Å². The summed E-state index contributed by atoms with van der Waals surface area (Å²) in [5.41, 5.74) is 6.13. The van der Waals surface area contributed by atoms with Crippen molar-refractivity contribution in [3.8, 4) is 0 Å². The van der Waals surface area contributed by atoms with Crippen molar-refractivity contribution in [2.24, 2.45) is 23.7 Å². The number of nitrogens with two attached hydrogens (primary N) is 2. The van der Waals surface area contributed by atoms with Crippen molar-refractivity contribution in [2.75, 3.05) is 0 Å². The largest absolute Gasteiger partial charge is 0.381 e. The molecule has 1 rings (SSSR count). The monoisotopic (exact) mass is 175 g/mol. The zero-order chi connectivity index (χ0) is 7.56. The highest BCUT2D eigenvalue weighted by atomic mass is 35.5. The van der Waals surface area contributed by atoms with E-state index in [-0.39, 0.29) is 12.4 Å². The SMILES string of the molecule is Cl.Cn1nccc1/C(N)=N\N. The molecule has 6 heteroatoms. The molecule has 1 heterocycles. The van der Waals surface area contributed by atoms with Gasteiger partial charge in [-0.15, -0.1) is 12.4 Å². The van der Waals surface area contributed by atoms with Crippen LogP contribution in [0.25, 0.3) is 0 Å². The molecule has 62 valence electrons. The summed E-state index contributed by atoms with van der Waals surface area (Å²) in [6.07, 6.45) is 1.63. The molecule has 1 aromatic heterocycles. The van der Waals surface area contributed by atoms with Crippen LogP contribution in [0.4, 0.5) is 0 Å². The number of hydrogen-bond acceptors (Lipinski definition) is 3. The Labute approximate surface area is 70.5 Å². The molecule has 0 aliphatic heterocycles. The van der Waals surface area contributed by atoms with Crippen LogP contribution in [-0.4, -0.2) is 15.6 Å². The molecular weight excluding hydrogens is 166 g/mol. The van der Waals surface area contributed by atoms with E-state index in [0.29, 0.717) is 5.84 Å². The maximum atomic E-state index is 5.40. The van der Waals surface area contributed by atoms with Crippen LogP contribution in [0.15, 0.2) is 17.4 Å². The zero-order valence-corrected chi connectivity index (χ0v) is 6.88. The van der Waals surface area contributed by atoms with Gasteiger partial charge in [0.1, 0.15) is 5.69 Å². The topological polar surface area (TPSA) is 82.2 Å². The fourth-order valence-corrected chi connectivity index (χ4v) is 0.691. The van der Waals surface area contributed by atoms with E-state index in [4.69, 9.17) is 11.6 Å². The van der Waals surface area contributed by atoms with Crippen molar-refractivity contribution >= 4 is 18.2 Å². The Kier molecular flexibility index (Phi) is 3.39. The van der Waals surface area contributed by atoms with Gasteiger partial charge in [0.15, 0.2) is 5.84 Å². The third kappa shape index (κ3) is 1.84. The van der Waals surface area contributed by atoms with E-state index in [1.54, 1.807) is 24.0 Å². The highest BCUT2D eigenvalue weighted by Crippen LogP contribution is 1.93. The Hall–Kier alpha value is -1.23. The van der Waals surface area contributed by atoms with Crippen molar-refractivity contribution in [1.82, 2.24) is 9.78 Å². The first-order chi connectivity index (χ1) is 4.75. The van der Waals surface area contributed by atoms with E-state index in [2.05, 4.69) is 10.2 Å². The molecule has 0 radical (unpaired) electrons. The molecule has 0 saturated carbocycles. The smallest absolute Gasteiger partial charge is 0.168 e. The van der Waals surface area contributed by atoms with Gasteiger partial charge in [-0.1, -0.05) is 0 Å². The molecule has 0 saturated heterocycles. The highest BCUT2D eigenvalue weighted by molar-refractivity contribution is 5.95. The lowest BCUT2D eigenvalue weighted by atomic mass is 10.4. The Balaban J connectivity index is 0.000001000.